The van der Waals surface area contributed by atoms with Crippen LogP contribution in [0.3, 0.4) is 0 Å². The monoisotopic (exact) mass is 318 g/mol. The Morgan fingerprint density at radius 3 is 2.83 bits per heavy atom. The molecule has 1 N–H and O–H groups in total. The molecule has 2 fully saturated rings. The first-order chi connectivity index (χ1) is 11.1. The van der Waals surface area contributed by atoms with Crippen molar-refractivity contribution in [2.75, 3.05) is 19.7 Å². The van der Waals surface area contributed by atoms with Crippen molar-refractivity contribution in [3.05, 3.63) is 33.7 Å². The zero-order chi connectivity index (χ0) is 16.2. The molecule has 5 heteroatoms. The maximum atomic E-state index is 12.6. The third-order valence-corrected chi connectivity index (χ3v) is 5.03. The molecule has 1 aliphatic carbocycles. The molecule has 23 heavy (non-hydrogen) atoms. The van der Waals surface area contributed by atoms with Crippen molar-refractivity contribution in [3.8, 4) is 0 Å². The Balaban J connectivity index is 1.63. The molecule has 1 aromatic rings. The quantitative estimate of drug-likeness (QED) is 0.931. The van der Waals surface area contributed by atoms with E-state index < -0.39 is 0 Å². The van der Waals surface area contributed by atoms with Crippen molar-refractivity contribution >= 4 is 5.91 Å². The number of ether oxygens (including phenoxy) is 1. The van der Waals surface area contributed by atoms with E-state index in [1.807, 2.05) is 6.92 Å². The van der Waals surface area contributed by atoms with Crippen LogP contribution >= 0.6 is 0 Å². The molecule has 1 atom stereocenters. The van der Waals surface area contributed by atoms with Gasteiger partial charge in [0.05, 0.1) is 12.7 Å². The van der Waals surface area contributed by atoms with Crippen molar-refractivity contribution in [3.63, 3.8) is 0 Å². The third kappa shape index (κ3) is 4.02. The van der Waals surface area contributed by atoms with E-state index in [4.69, 9.17) is 4.74 Å². The number of hydrogen-bond acceptors (Lipinski definition) is 3. The average Bonchev–Trinajstić information content (AvgIpc) is 2.55. The summed E-state index contributed by atoms with van der Waals surface area (Å²) in [4.78, 5) is 29.1. The van der Waals surface area contributed by atoms with E-state index in [-0.39, 0.29) is 23.1 Å². The van der Waals surface area contributed by atoms with Gasteiger partial charge in [0.25, 0.3) is 11.5 Å². The Kier molecular flexibility index (Phi) is 5.16. The summed E-state index contributed by atoms with van der Waals surface area (Å²) in [5, 5.41) is 0. The van der Waals surface area contributed by atoms with Gasteiger partial charge in [-0.05, 0) is 31.4 Å². The van der Waals surface area contributed by atoms with Crippen LogP contribution < -0.4 is 5.56 Å². The Bertz CT molecular complexity index is 605. The maximum Gasteiger partial charge on any atom is 0.260 e. The Morgan fingerprint density at radius 2 is 2.09 bits per heavy atom. The fourth-order valence-corrected chi connectivity index (χ4v) is 3.75. The zero-order valence-corrected chi connectivity index (χ0v) is 13.8. The number of morpholine rings is 1. The van der Waals surface area contributed by atoms with E-state index in [2.05, 4.69) is 4.98 Å². The van der Waals surface area contributed by atoms with Gasteiger partial charge in [0.15, 0.2) is 0 Å². The molecule has 0 bridgehead atoms. The summed E-state index contributed by atoms with van der Waals surface area (Å²) in [5.41, 5.74) is 0.697. The highest BCUT2D eigenvalue weighted by Crippen LogP contribution is 2.29. The summed E-state index contributed by atoms with van der Waals surface area (Å²) in [7, 11) is 0. The van der Waals surface area contributed by atoms with Gasteiger partial charge in [0.1, 0.15) is 5.56 Å². The molecule has 1 saturated carbocycles. The van der Waals surface area contributed by atoms with Crippen LogP contribution in [0.25, 0.3) is 0 Å². The molecule has 0 aromatic carbocycles. The predicted octanol–water partition coefficient (Wildman–Crippen LogP) is 2.49. The van der Waals surface area contributed by atoms with Gasteiger partial charge in [0.2, 0.25) is 0 Å². The number of aromatic amines is 1. The number of rotatable bonds is 3. The van der Waals surface area contributed by atoms with E-state index in [9.17, 15) is 9.59 Å². The second kappa shape index (κ2) is 7.30. The Hall–Kier alpha value is -1.62. The molecule has 0 radical (unpaired) electrons. The van der Waals surface area contributed by atoms with Crippen LogP contribution in [0.5, 0.6) is 0 Å². The zero-order valence-electron chi connectivity index (χ0n) is 13.8. The fraction of sp³-hybridized carbons (Fsp3) is 0.667. The molecule has 0 spiro atoms. The molecule has 1 unspecified atom stereocenters. The number of H-pyrrole nitrogens is 1. The van der Waals surface area contributed by atoms with Crippen molar-refractivity contribution in [1.82, 2.24) is 9.88 Å². The average molecular weight is 318 g/mol. The molecule has 126 valence electrons. The topological polar surface area (TPSA) is 62.4 Å². The van der Waals surface area contributed by atoms with Crippen LogP contribution in [0.4, 0.5) is 0 Å². The van der Waals surface area contributed by atoms with Gasteiger partial charge >= 0.3 is 0 Å². The molecule has 1 saturated heterocycles. The van der Waals surface area contributed by atoms with Crippen LogP contribution in [0.1, 0.15) is 54.6 Å². The number of pyridine rings is 1. The molecule has 1 amide bonds. The third-order valence-electron chi connectivity index (χ3n) is 5.03. The number of aromatic nitrogens is 1. The molecule has 5 nitrogen and oxygen atoms in total. The maximum absolute atomic E-state index is 12.6. The van der Waals surface area contributed by atoms with E-state index in [1.54, 1.807) is 17.0 Å². The summed E-state index contributed by atoms with van der Waals surface area (Å²) in [5.74, 6) is 0.551. The number of amides is 1. The summed E-state index contributed by atoms with van der Waals surface area (Å²) in [6.45, 7) is 3.54. The van der Waals surface area contributed by atoms with Crippen molar-refractivity contribution in [1.29, 1.82) is 0 Å². The number of nitrogens with one attached hydrogen (secondary N) is 1. The highest BCUT2D eigenvalue weighted by Gasteiger charge is 2.28. The first kappa shape index (κ1) is 16.2. The summed E-state index contributed by atoms with van der Waals surface area (Å²) in [6.07, 6.45) is 7.70. The Labute approximate surface area is 137 Å². The lowest BCUT2D eigenvalue weighted by Crippen LogP contribution is -2.47. The van der Waals surface area contributed by atoms with E-state index >= 15 is 0 Å². The van der Waals surface area contributed by atoms with Crippen molar-refractivity contribution < 1.29 is 9.53 Å². The molecule has 3 rings (SSSR count). The van der Waals surface area contributed by atoms with Gasteiger partial charge in [0, 0.05) is 18.8 Å². The minimum absolute atomic E-state index is 0.111. The molecule has 1 aromatic heterocycles. The second-order valence-corrected chi connectivity index (χ2v) is 6.87. The smallest absolute Gasteiger partial charge is 0.260 e. The summed E-state index contributed by atoms with van der Waals surface area (Å²) < 4.78 is 5.87. The minimum atomic E-state index is -0.301. The normalized spacial score (nSPS) is 23.0. The fourth-order valence-electron chi connectivity index (χ4n) is 3.75. The molecular weight excluding hydrogens is 292 g/mol. The molecule has 2 aliphatic rings. The van der Waals surface area contributed by atoms with E-state index in [0.717, 1.165) is 18.0 Å². The standard InChI is InChI=1S/C18H26N2O3/c1-13-7-8-16(17(21)19-13)18(22)20-9-10-23-15(12-20)11-14-5-3-2-4-6-14/h7-8,14-15H,2-6,9-12H2,1H3,(H,19,21). The molecule has 2 heterocycles. The van der Waals surface area contributed by atoms with E-state index in [0.29, 0.717) is 19.7 Å². The second-order valence-electron chi connectivity index (χ2n) is 6.87. The first-order valence-electron chi connectivity index (χ1n) is 8.74. The number of hydrogen-bond donors (Lipinski definition) is 1. The van der Waals surface area contributed by atoms with Crippen molar-refractivity contribution in [2.45, 2.75) is 51.6 Å². The van der Waals surface area contributed by atoms with Gasteiger partial charge in [-0.3, -0.25) is 9.59 Å². The summed E-state index contributed by atoms with van der Waals surface area (Å²) >= 11 is 0. The van der Waals surface area contributed by atoms with Gasteiger partial charge < -0.3 is 14.6 Å². The van der Waals surface area contributed by atoms with Crippen LogP contribution in [0.2, 0.25) is 0 Å². The van der Waals surface area contributed by atoms with Crippen LogP contribution in [-0.2, 0) is 4.74 Å². The predicted molar refractivity (Wildman–Crippen MR) is 88.6 cm³/mol. The Morgan fingerprint density at radius 1 is 1.30 bits per heavy atom. The number of nitrogens with zero attached hydrogens (tertiary/aromatic N) is 1. The molecule has 1 aliphatic heterocycles. The van der Waals surface area contributed by atoms with Crippen LogP contribution in [0, 0.1) is 12.8 Å². The van der Waals surface area contributed by atoms with Crippen LogP contribution in [-0.4, -0.2) is 41.6 Å². The first-order valence-corrected chi connectivity index (χ1v) is 8.74. The minimum Gasteiger partial charge on any atom is -0.375 e. The largest absolute Gasteiger partial charge is 0.375 e. The number of carbonyl (C=O) groups excluding carboxylic acids is 1. The van der Waals surface area contributed by atoms with Crippen molar-refractivity contribution in [2.24, 2.45) is 5.92 Å². The van der Waals surface area contributed by atoms with Gasteiger partial charge in [-0.2, -0.15) is 0 Å². The highest BCUT2D eigenvalue weighted by molar-refractivity contribution is 5.93. The SMILES string of the molecule is Cc1ccc(C(=O)N2CCOC(CC3CCCCC3)C2)c(=O)[nH]1. The molecular formula is C18H26N2O3. The van der Waals surface area contributed by atoms with Gasteiger partial charge in [-0.15, -0.1) is 0 Å². The van der Waals surface area contributed by atoms with Gasteiger partial charge in [-0.1, -0.05) is 32.1 Å². The summed E-state index contributed by atoms with van der Waals surface area (Å²) in [6, 6.07) is 3.40. The number of carbonyl (C=O) groups is 1. The lowest BCUT2D eigenvalue weighted by atomic mass is 9.85. The lowest BCUT2D eigenvalue weighted by molar-refractivity contribution is -0.0337. The van der Waals surface area contributed by atoms with Crippen LogP contribution in [0.15, 0.2) is 16.9 Å². The van der Waals surface area contributed by atoms with E-state index in [1.165, 1.54) is 32.1 Å². The number of aryl methyl sites for hydroxylation is 1. The lowest BCUT2D eigenvalue weighted by Gasteiger charge is -2.35. The van der Waals surface area contributed by atoms with Gasteiger partial charge in [-0.25, -0.2) is 0 Å². The highest BCUT2D eigenvalue weighted by atomic mass is 16.5.